The lowest BCUT2D eigenvalue weighted by Crippen LogP contribution is -2.16. The first-order chi connectivity index (χ1) is 10.2. The predicted octanol–water partition coefficient (Wildman–Crippen LogP) is 1.53. The van der Waals surface area contributed by atoms with Crippen LogP contribution in [0.2, 0.25) is 0 Å². The highest BCUT2D eigenvalue weighted by Gasteiger charge is 2.18. The molecule has 7 nitrogen and oxygen atoms in total. The Bertz CT molecular complexity index is 742. The number of nitrogens with one attached hydrogen (secondary N) is 1. The Kier molecular flexibility index (Phi) is 4.75. The summed E-state index contributed by atoms with van der Waals surface area (Å²) in [7, 11) is 0. The summed E-state index contributed by atoms with van der Waals surface area (Å²) in [5, 5.41) is 25.1. The van der Waals surface area contributed by atoms with E-state index in [9.17, 15) is 10.1 Å². The molecule has 0 saturated heterocycles. The maximum atomic E-state index is 11.6. The minimum atomic E-state index is -0.271. The van der Waals surface area contributed by atoms with Crippen molar-refractivity contribution in [1.29, 1.82) is 5.26 Å². The molecule has 0 saturated carbocycles. The Labute approximate surface area is 126 Å². The van der Waals surface area contributed by atoms with Crippen molar-refractivity contribution in [1.82, 2.24) is 25.0 Å². The zero-order valence-corrected chi connectivity index (χ0v) is 13.0. The van der Waals surface area contributed by atoms with Gasteiger partial charge in [-0.1, -0.05) is 13.8 Å². The van der Waals surface area contributed by atoms with Gasteiger partial charge in [-0.25, -0.2) is 9.89 Å². The molecule has 2 heterocycles. The fourth-order valence-electron chi connectivity index (χ4n) is 2.09. The van der Waals surface area contributed by atoms with Gasteiger partial charge in [-0.3, -0.25) is 4.57 Å². The average molecular weight is 304 g/mol. The van der Waals surface area contributed by atoms with Gasteiger partial charge < -0.3 is 0 Å². The lowest BCUT2D eigenvalue weighted by atomic mass is 10.1. The van der Waals surface area contributed by atoms with Crippen LogP contribution in [-0.4, -0.2) is 25.0 Å². The van der Waals surface area contributed by atoms with Gasteiger partial charge in [0, 0.05) is 6.54 Å². The van der Waals surface area contributed by atoms with Crippen LogP contribution in [0.1, 0.15) is 37.6 Å². The SMILES string of the molecule is CCc1nnc(Sc2n[nH]c(=O)n2CC)c(C#N)c1CC. The molecule has 0 bridgehead atoms. The van der Waals surface area contributed by atoms with Gasteiger partial charge in [0.05, 0.1) is 11.3 Å². The maximum Gasteiger partial charge on any atom is 0.343 e. The molecule has 0 unspecified atom stereocenters. The minimum Gasteiger partial charge on any atom is -0.270 e. The van der Waals surface area contributed by atoms with Crippen molar-refractivity contribution in [3.63, 3.8) is 0 Å². The topological polar surface area (TPSA) is 100 Å². The fraction of sp³-hybridized carbons (Fsp3) is 0.462. The number of hydrogen-bond acceptors (Lipinski definition) is 6. The summed E-state index contributed by atoms with van der Waals surface area (Å²) >= 11 is 1.18. The quantitative estimate of drug-likeness (QED) is 0.899. The third kappa shape index (κ3) is 2.83. The maximum absolute atomic E-state index is 11.6. The van der Waals surface area contributed by atoms with Gasteiger partial charge in [0.1, 0.15) is 11.1 Å². The molecule has 0 radical (unpaired) electrons. The molecule has 8 heteroatoms. The van der Waals surface area contributed by atoms with Crippen molar-refractivity contribution in [2.24, 2.45) is 0 Å². The van der Waals surface area contributed by atoms with Crippen LogP contribution < -0.4 is 5.69 Å². The summed E-state index contributed by atoms with van der Waals surface area (Å²) < 4.78 is 1.49. The van der Waals surface area contributed by atoms with Crippen LogP contribution in [-0.2, 0) is 19.4 Å². The average Bonchev–Trinajstić information content (AvgIpc) is 2.86. The van der Waals surface area contributed by atoms with Crippen LogP contribution in [0.15, 0.2) is 15.0 Å². The van der Waals surface area contributed by atoms with Gasteiger partial charge in [-0.2, -0.15) is 10.4 Å². The number of H-pyrrole nitrogens is 1. The van der Waals surface area contributed by atoms with Gasteiger partial charge in [0.25, 0.3) is 0 Å². The number of aromatic amines is 1. The van der Waals surface area contributed by atoms with E-state index in [0.29, 0.717) is 22.3 Å². The second-order valence-corrected chi connectivity index (χ2v) is 5.24. The normalized spacial score (nSPS) is 10.6. The Hall–Kier alpha value is -2.14. The monoisotopic (exact) mass is 304 g/mol. The van der Waals surface area contributed by atoms with Crippen LogP contribution in [0.5, 0.6) is 0 Å². The van der Waals surface area contributed by atoms with Gasteiger partial charge in [-0.05, 0) is 37.1 Å². The number of hydrogen-bond donors (Lipinski definition) is 1. The molecule has 0 spiro atoms. The molecule has 21 heavy (non-hydrogen) atoms. The second-order valence-electron chi connectivity index (χ2n) is 4.28. The zero-order chi connectivity index (χ0) is 15.4. The largest absolute Gasteiger partial charge is 0.343 e. The Morgan fingerprint density at radius 1 is 1.29 bits per heavy atom. The van der Waals surface area contributed by atoms with E-state index in [0.717, 1.165) is 24.1 Å². The van der Waals surface area contributed by atoms with Gasteiger partial charge in [0.2, 0.25) is 0 Å². The highest BCUT2D eigenvalue weighted by atomic mass is 32.2. The van der Waals surface area contributed by atoms with Crippen molar-refractivity contribution < 1.29 is 0 Å². The molecule has 0 aliphatic carbocycles. The molecule has 0 fully saturated rings. The van der Waals surface area contributed by atoms with Crippen molar-refractivity contribution in [3.8, 4) is 6.07 Å². The first-order valence-electron chi connectivity index (χ1n) is 6.77. The molecule has 0 aromatic carbocycles. The van der Waals surface area contributed by atoms with Crippen molar-refractivity contribution in [2.45, 2.75) is 50.3 Å². The van der Waals surface area contributed by atoms with E-state index in [2.05, 4.69) is 26.5 Å². The highest BCUT2D eigenvalue weighted by Crippen LogP contribution is 2.28. The lowest BCUT2D eigenvalue weighted by molar-refractivity contribution is 0.659. The van der Waals surface area contributed by atoms with Crippen LogP contribution in [0.3, 0.4) is 0 Å². The molecular formula is C13H16N6OS. The summed E-state index contributed by atoms with van der Waals surface area (Å²) in [6, 6.07) is 2.21. The van der Waals surface area contributed by atoms with E-state index in [1.807, 2.05) is 20.8 Å². The number of nitriles is 1. The number of aromatic nitrogens is 5. The summed E-state index contributed by atoms with van der Waals surface area (Å²) in [5.74, 6) is 0. The van der Waals surface area contributed by atoms with E-state index in [-0.39, 0.29) is 5.69 Å². The number of aryl methyl sites for hydroxylation is 1. The van der Waals surface area contributed by atoms with Gasteiger partial charge in [-0.15, -0.1) is 10.2 Å². The summed E-state index contributed by atoms with van der Waals surface area (Å²) in [6.07, 6.45) is 1.45. The van der Waals surface area contributed by atoms with Crippen LogP contribution in [0.4, 0.5) is 0 Å². The minimum absolute atomic E-state index is 0.271. The van der Waals surface area contributed by atoms with Crippen LogP contribution >= 0.6 is 11.8 Å². The van der Waals surface area contributed by atoms with E-state index >= 15 is 0 Å². The number of rotatable bonds is 5. The molecule has 2 aromatic rings. The first kappa shape index (κ1) is 15.3. The summed E-state index contributed by atoms with van der Waals surface area (Å²) in [5.41, 5.74) is 2.01. The third-order valence-corrected chi connectivity index (χ3v) is 4.13. The van der Waals surface area contributed by atoms with Crippen molar-refractivity contribution in [2.75, 3.05) is 0 Å². The standard InChI is InChI=1S/C13H16N6OS/c1-4-8-9(7-14)11(16-15-10(8)5-2)21-13-18-17-12(20)19(13)6-3/h4-6H2,1-3H3,(H,17,20). The summed E-state index contributed by atoms with van der Waals surface area (Å²) in [4.78, 5) is 11.6. The first-order valence-corrected chi connectivity index (χ1v) is 7.59. The Balaban J connectivity index is 2.50. The van der Waals surface area contributed by atoms with E-state index in [4.69, 9.17) is 0 Å². The Morgan fingerprint density at radius 3 is 2.62 bits per heavy atom. The van der Waals surface area contributed by atoms with Crippen LogP contribution in [0.25, 0.3) is 0 Å². The molecule has 2 rings (SSSR count). The zero-order valence-electron chi connectivity index (χ0n) is 12.2. The van der Waals surface area contributed by atoms with Crippen molar-refractivity contribution in [3.05, 3.63) is 27.3 Å². The van der Waals surface area contributed by atoms with E-state index in [1.165, 1.54) is 16.3 Å². The molecule has 0 atom stereocenters. The lowest BCUT2D eigenvalue weighted by Gasteiger charge is -2.09. The molecule has 0 aliphatic heterocycles. The second kappa shape index (κ2) is 6.54. The van der Waals surface area contributed by atoms with E-state index < -0.39 is 0 Å². The molecular weight excluding hydrogens is 288 g/mol. The van der Waals surface area contributed by atoms with Crippen LogP contribution in [0, 0.1) is 11.3 Å². The van der Waals surface area contributed by atoms with Gasteiger partial charge >= 0.3 is 5.69 Å². The molecule has 0 amide bonds. The molecule has 2 aromatic heterocycles. The molecule has 110 valence electrons. The van der Waals surface area contributed by atoms with Gasteiger partial charge in [0.15, 0.2) is 5.16 Å². The molecule has 1 N–H and O–H groups in total. The number of nitrogens with zero attached hydrogens (tertiary/aromatic N) is 5. The Morgan fingerprint density at radius 2 is 2.05 bits per heavy atom. The summed E-state index contributed by atoms with van der Waals surface area (Å²) in [6.45, 7) is 6.33. The third-order valence-electron chi connectivity index (χ3n) is 3.15. The van der Waals surface area contributed by atoms with Crippen molar-refractivity contribution >= 4 is 11.8 Å². The molecule has 0 aliphatic rings. The smallest absolute Gasteiger partial charge is 0.270 e. The predicted molar refractivity (Wildman–Crippen MR) is 78.1 cm³/mol. The fourth-order valence-corrected chi connectivity index (χ4v) is 3.03. The van der Waals surface area contributed by atoms with E-state index in [1.54, 1.807) is 0 Å². The highest BCUT2D eigenvalue weighted by molar-refractivity contribution is 7.99.